The highest BCUT2D eigenvalue weighted by atomic mass is 14.5. The molecular weight excluding hydrogens is 336 g/mol. The summed E-state index contributed by atoms with van der Waals surface area (Å²) in [6.07, 6.45) is 0. The molecule has 0 bridgehead atoms. The molecule has 2 aromatic carbocycles. The lowest BCUT2D eigenvalue weighted by molar-refractivity contribution is 0.545. The SMILES string of the molecule is CC1(C)C(=C=C=C2C(C)(C)c3ccccc3C2(C)C)C(C)(C)c2ccccc21. The normalized spacial score (nSPS) is 22.3. The Kier molecular flexibility index (Phi) is 3.84. The third kappa shape index (κ3) is 2.32. The molecule has 0 saturated heterocycles. The summed E-state index contributed by atoms with van der Waals surface area (Å²) in [7, 11) is 0. The van der Waals surface area contributed by atoms with Gasteiger partial charge in [0.25, 0.3) is 0 Å². The second kappa shape index (κ2) is 5.64. The maximum Gasteiger partial charge on any atom is 0.0199 e. The maximum atomic E-state index is 3.73. The molecule has 0 atom stereocenters. The predicted octanol–water partition coefficient (Wildman–Crippen LogP) is 7.13. The molecule has 0 saturated carbocycles. The lowest BCUT2D eigenvalue weighted by Crippen LogP contribution is -2.24. The van der Waals surface area contributed by atoms with Crippen LogP contribution in [0.2, 0.25) is 0 Å². The summed E-state index contributed by atoms with van der Waals surface area (Å²) in [5.74, 6) is 0. The predicted molar refractivity (Wildman–Crippen MR) is 119 cm³/mol. The quantitative estimate of drug-likeness (QED) is 0.434. The van der Waals surface area contributed by atoms with Crippen molar-refractivity contribution in [2.75, 3.05) is 0 Å². The zero-order valence-corrected chi connectivity index (χ0v) is 18.6. The van der Waals surface area contributed by atoms with Crippen molar-refractivity contribution in [3.63, 3.8) is 0 Å². The zero-order valence-electron chi connectivity index (χ0n) is 18.6. The zero-order chi connectivity index (χ0) is 20.5. The minimum Gasteiger partial charge on any atom is -0.0693 e. The molecule has 0 unspecified atom stereocenters. The molecule has 2 aliphatic carbocycles. The van der Waals surface area contributed by atoms with Gasteiger partial charge in [0.2, 0.25) is 0 Å². The van der Waals surface area contributed by atoms with E-state index in [-0.39, 0.29) is 21.7 Å². The molecule has 0 radical (unpaired) electrons. The van der Waals surface area contributed by atoms with Crippen LogP contribution >= 0.6 is 0 Å². The van der Waals surface area contributed by atoms with Gasteiger partial charge in [0.1, 0.15) is 0 Å². The summed E-state index contributed by atoms with van der Waals surface area (Å²) in [6, 6.07) is 17.7. The second-order valence-corrected chi connectivity index (χ2v) is 10.6. The van der Waals surface area contributed by atoms with E-state index >= 15 is 0 Å². The largest absolute Gasteiger partial charge is 0.0693 e. The molecular formula is C28H32. The molecule has 0 heterocycles. The van der Waals surface area contributed by atoms with Crippen LogP contribution in [0.15, 0.2) is 71.1 Å². The van der Waals surface area contributed by atoms with Crippen LogP contribution in [0.3, 0.4) is 0 Å². The molecule has 0 aromatic heterocycles. The minimum atomic E-state index is -0.0343. The van der Waals surface area contributed by atoms with Crippen LogP contribution in [-0.4, -0.2) is 0 Å². The number of benzene rings is 2. The van der Waals surface area contributed by atoms with Crippen molar-refractivity contribution < 1.29 is 0 Å². The highest BCUT2D eigenvalue weighted by Gasteiger charge is 2.48. The second-order valence-electron chi connectivity index (χ2n) is 10.6. The lowest BCUT2D eigenvalue weighted by Gasteiger charge is -2.27. The van der Waals surface area contributed by atoms with Crippen molar-refractivity contribution in [3.05, 3.63) is 93.4 Å². The standard InChI is InChI=1S/C28H32/c1-25(2)19-13-9-10-14-20(19)26(3,4)23(25)17-18-24-27(5,6)21-15-11-12-16-22(21)28(24,7)8/h9-16H,1-8H3. The molecule has 0 heteroatoms. The molecule has 28 heavy (non-hydrogen) atoms. The van der Waals surface area contributed by atoms with Gasteiger partial charge in [-0.15, -0.1) is 0 Å². The van der Waals surface area contributed by atoms with E-state index in [1.165, 1.54) is 33.4 Å². The van der Waals surface area contributed by atoms with E-state index in [2.05, 4.69) is 115 Å². The summed E-state index contributed by atoms with van der Waals surface area (Å²) in [6.45, 7) is 18.6. The number of hydrogen-bond acceptors (Lipinski definition) is 0. The van der Waals surface area contributed by atoms with Crippen LogP contribution in [0.1, 0.15) is 77.6 Å². The first kappa shape index (κ1) is 19.1. The first-order valence-electron chi connectivity index (χ1n) is 10.4. The number of fused-ring (bicyclic) bond motifs is 2. The Balaban J connectivity index is 2.03. The van der Waals surface area contributed by atoms with Crippen LogP contribution in [-0.2, 0) is 21.7 Å². The Morgan fingerprint density at radius 2 is 0.643 bits per heavy atom. The number of allylic oxidation sites excluding steroid dienone is 2. The topological polar surface area (TPSA) is 0 Å². The monoisotopic (exact) mass is 368 g/mol. The third-order valence-electron chi connectivity index (χ3n) is 7.36. The van der Waals surface area contributed by atoms with Crippen molar-refractivity contribution in [3.8, 4) is 0 Å². The molecule has 0 spiro atoms. The smallest absolute Gasteiger partial charge is 0.0199 e. The number of rotatable bonds is 0. The van der Waals surface area contributed by atoms with Crippen LogP contribution in [0, 0.1) is 0 Å². The first-order valence-corrected chi connectivity index (χ1v) is 10.4. The Morgan fingerprint density at radius 3 is 0.857 bits per heavy atom. The van der Waals surface area contributed by atoms with Gasteiger partial charge >= 0.3 is 0 Å². The Hall–Kier alpha value is -2.26. The van der Waals surface area contributed by atoms with Crippen molar-refractivity contribution in [2.24, 2.45) is 0 Å². The third-order valence-corrected chi connectivity index (χ3v) is 7.36. The van der Waals surface area contributed by atoms with E-state index in [4.69, 9.17) is 0 Å². The van der Waals surface area contributed by atoms with E-state index in [1.54, 1.807) is 0 Å². The molecule has 0 amide bonds. The molecule has 4 rings (SSSR count). The Morgan fingerprint density at radius 1 is 0.429 bits per heavy atom. The lowest BCUT2D eigenvalue weighted by atomic mass is 9.74. The molecule has 144 valence electrons. The van der Waals surface area contributed by atoms with Gasteiger partial charge in [-0.1, -0.05) is 115 Å². The van der Waals surface area contributed by atoms with Crippen molar-refractivity contribution in [2.45, 2.75) is 77.0 Å². The van der Waals surface area contributed by atoms with Gasteiger partial charge in [-0.25, -0.2) is 0 Å². The van der Waals surface area contributed by atoms with Crippen LogP contribution < -0.4 is 0 Å². The maximum absolute atomic E-state index is 3.73. The van der Waals surface area contributed by atoms with E-state index in [0.717, 1.165) is 0 Å². The summed E-state index contributed by atoms with van der Waals surface area (Å²) >= 11 is 0. The fraction of sp³-hybridized carbons (Fsp3) is 0.429. The molecule has 0 N–H and O–H groups in total. The van der Waals surface area contributed by atoms with Crippen molar-refractivity contribution in [1.29, 1.82) is 0 Å². The number of hydrogen-bond donors (Lipinski definition) is 0. The summed E-state index contributed by atoms with van der Waals surface area (Å²) in [4.78, 5) is 0. The Labute approximate surface area is 170 Å². The van der Waals surface area contributed by atoms with E-state index in [9.17, 15) is 0 Å². The fourth-order valence-corrected chi connectivity index (χ4v) is 6.00. The van der Waals surface area contributed by atoms with Crippen molar-refractivity contribution in [1.82, 2.24) is 0 Å². The molecule has 0 aliphatic heterocycles. The Bertz CT molecular complexity index is 911. The average Bonchev–Trinajstić information content (AvgIpc) is 2.88. The van der Waals surface area contributed by atoms with Gasteiger partial charge < -0.3 is 0 Å². The van der Waals surface area contributed by atoms with Gasteiger partial charge in [-0.05, 0) is 22.3 Å². The summed E-state index contributed by atoms with van der Waals surface area (Å²) in [5.41, 5.74) is 15.7. The van der Waals surface area contributed by atoms with Crippen LogP contribution in [0.4, 0.5) is 0 Å². The molecule has 0 fully saturated rings. The fourth-order valence-electron chi connectivity index (χ4n) is 6.00. The summed E-state index contributed by atoms with van der Waals surface area (Å²) < 4.78 is 0. The van der Waals surface area contributed by atoms with Gasteiger partial charge in [0.05, 0.1) is 0 Å². The van der Waals surface area contributed by atoms with Gasteiger partial charge in [0, 0.05) is 32.8 Å². The highest BCUT2D eigenvalue weighted by molar-refractivity contribution is 5.59. The molecule has 2 aliphatic rings. The molecule has 0 nitrogen and oxygen atoms in total. The summed E-state index contributed by atoms with van der Waals surface area (Å²) in [5, 5.41) is 0. The van der Waals surface area contributed by atoms with Crippen LogP contribution in [0.5, 0.6) is 0 Å². The van der Waals surface area contributed by atoms with Gasteiger partial charge in [-0.2, -0.15) is 0 Å². The van der Waals surface area contributed by atoms with Crippen molar-refractivity contribution >= 4 is 0 Å². The van der Waals surface area contributed by atoms with E-state index in [1.807, 2.05) is 0 Å². The first-order chi connectivity index (χ1) is 12.9. The minimum absolute atomic E-state index is 0.0343. The van der Waals surface area contributed by atoms with Gasteiger partial charge in [0.15, 0.2) is 0 Å². The van der Waals surface area contributed by atoms with E-state index in [0.29, 0.717) is 0 Å². The van der Waals surface area contributed by atoms with Crippen LogP contribution in [0.25, 0.3) is 0 Å². The highest BCUT2D eigenvalue weighted by Crippen LogP contribution is 2.54. The average molecular weight is 369 g/mol. The van der Waals surface area contributed by atoms with Gasteiger partial charge in [-0.3, -0.25) is 0 Å². The van der Waals surface area contributed by atoms with E-state index < -0.39 is 0 Å². The molecule has 2 aromatic rings.